The van der Waals surface area contributed by atoms with Gasteiger partial charge >= 0.3 is 0 Å². The maximum atomic E-state index is 5.72. The molecule has 1 N–H and O–H groups in total. The van der Waals surface area contributed by atoms with Crippen LogP contribution in [0.3, 0.4) is 0 Å². The van der Waals surface area contributed by atoms with Crippen LogP contribution in [-0.4, -0.2) is 56.4 Å². The van der Waals surface area contributed by atoms with Crippen LogP contribution in [0.15, 0.2) is 11.8 Å². The number of hydrogen-bond donors (Lipinski definition) is 1. The van der Waals surface area contributed by atoms with Crippen LogP contribution in [0.1, 0.15) is 20.3 Å². The lowest BCUT2D eigenvalue weighted by Gasteiger charge is -2.45. The molecule has 0 spiro atoms. The molecule has 2 heterocycles. The average Bonchev–Trinajstić information content (AvgIpc) is 2.84. The van der Waals surface area contributed by atoms with E-state index in [4.69, 9.17) is 9.47 Å². The molecule has 1 saturated heterocycles. The number of likely N-dealkylation sites (N-methyl/N-ethyl adjacent to an activating group) is 1. The molecule has 17 heavy (non-hydrogen) atoms. The van der Waals surface area contributed by atoms with E-state index in [1.807, 2.05) is 7.05 Å². The van der Waals surface area contributed by atoms with Gasteiger partial charge in [-0.15, -0.1) is 0 Å². The van der Waals surface area contributed by atoms with Crippen LogP contribution in [-0.2, 0) is 9.47 Å². The SMILES string of the molecule is CNC(C1=CCCO1)C(C)(C)N1CCOCC1. The van der Waals surface area contributed by atoms with Gasteiger partial charge in [0.15, 0.2) is 0 Å². The maximum Gasteiger partial charge on any atom is 0.111 e. The highest BCUT2D eigenvalue weighted by molar-refractivity contribution is 5.15. The first-order valence-corrected chi connectivity index (χ1v) is 6.49. The monoisotopic (exact) mass is 240 g/mol. The van der Waals surface area contributed by atoms with Crippen molar-refractivity contribution in [2.24, 2.45) is 0 Å². The summed E-state index contributed by atoms with van der Waals surface area (Å²) in [7, 11) is 2.01. The van der Waals surface area contributed by atoms with Crippen LogP contribution in [0.25, 0.3) is 0 Å². The summed E-state index contributed by atoms with van der Waals surface area (Å²) >= 11 is 0. The molecule has 2 aliphatic rings. The minimum atomic E-state index is 0.0503. The van der Waals surface area contributed by atoms with Gasteiger partial charge in [0.25, 0.3) is 0 Å². The lowest BCUT2D eigenvalue weighted by Crippen LogP contribution is -2.60. The molecule has 0 aromatic heterocycles. The molecule has 0 amide bonds. The molecule has 0 saturated carbocycles. The summed E-state index contributed by atoms with van der Waals surface area (Å²) in [5.41, 5.74) is 0.0503. The molecular weight excluding hydrogens is 216 g/mol. The van der Waals surface area contributed by atoms with E-state index in [0.717, 1.165) is 45.1 Å². The summed E-state index contributed by atoms with van der Waals surface area (Å²) in [5.74, 6) is 1.10. The zero-order chi connectivity index (χ0) is 12.3. The highest BCUT2D eigenvalue weighted by Gasteiger charge is 2.38. The third-order valence-electron chi connectivity index (χ3n) is 3.84. The van der Waals surface area contributed by atoms with Crippen LogP contribution >= 0.6 is 0 Å². The Morgan fingerprint density at radius 2 is 2.00 bits per heavy atom. The van der Waals surface area contributed by atoms with Crippen molar-refractivity contribution in [1.29, 1.82) is 0 Å². The molecule has 2 rings (SSSR count). The fraction of sp³-hybridized carbons (Fsp3) is 0.846. The van der Waals surface area contributed by atoms with E-state index in [9.17, 15) is 0 Å². The number of nitrogens with zero attached hydrogens (tertiary/aromatic N) is 1. The van der Waals surface area contributed by atoms with E-state index in [2.05, 4.69) is 30.1 Å². The molecule has 0 aromatic carbocycles. The van der Waals surface area contributed by atoms with Crippen molar-refractivity contribution in [2.75, 3.05) is 40.0 Å². The fourth-order valence-electron chi connectivity index (χ4n) is 2.80. The van der Waals surface area contributed by atoms with Gasteiger partial charge in [0.2, 0.25) is 0 Å². The molecule has 0 radical (unpaired) electrons. The second kappa shape index (κ2) is 5.38. The Hall–Kier alpha value is -0.580. The third-order valence-corrected chi connectivity index (χ3v) is 3.84. The number of hydrogen-bond acceptors (Lipinski definition) is 4. The Bertz CT molecular complexity index is 283. The number of morpholine rings is 1. The minimum absolute atomic E-state index is 0.0503. The van der Waals surface area contributed by atoms with Crippen LogP contribution in [0.2, 0.25) is 0 Å². The van der Waals surface area contributed by atoms with Crippen molar-refractivity contribution in [3.63, 3.8) is 0 Å². The van der Waals surface area contributed by atoms with Crippen LogP contribution < -0.4 is 5.32 Å². The summed E-state index contributed by atoms with van der Waals surface area (Å²) < 4.78 is 11.1. The molecule has 1 atom stereocenters. The van der Waals surface area contributed by atoms with Gasteiger partial charge in [-0.1, -0.05) is 0 Å². The molecule has 0 aromatic rings. The summed E-state index contributed by atoms with van der Waals surface area (Å²) in [6.07, 6.45) is 3.25. The summed E-state index contributed by atoms with van der Waals surface area (Å²) in [6.45, 7) is 9.05. The van der Waals surface area contributed by atoms with Gasteiger partial charge in [-0.2, -0.15) is 0 Å². The highest BCUT2D eigenvalue weighted by Crippen LogP contribution is 2.27. The van der Waals surface area contributed by atoms with E-state index < -0.39 is 0 Å². The Morgan fingerprint density at radius 3 is 2.53 bits per heavy atom. The fourth-order valence-corrected chi connectivity index (χ4v) is 2.80. The average molecular weight is 240 g/mol. The van der Waals surface area contributed by atoms with Gasteiger partial charge in [0.1, 0.15) is 5.76 Å². The lowest BCUT2D eigenvalue weighted by atomic mass is 9.90. The zero-order valence-corrected chi connectivity index (χ0v) is 11.2. The summed E-state index contributed by atoms with van der Waals surface area (Å²) in [6, 6.07) is 0.253. The van der Waals surface area contributed by atoms with Gasteiger partial charge in [-0.05, 0) is 27.0 Å². The van der Waals surface area contributed by atoms with Crippen molar-refractivity contribution in [3.8, 4) is 0 Å². The predicted octanol–water partition coefficient (Wildman–Crippen LogP) is 0.989. The van der Waals surface area contributed by atoms with E-state index in [1.54, 1.807) is 0 Å². The van der Waals surface area contributed by atoms with E-state index in [-0.39, 0.29) is 11.6 Å². The van der Waals surface area contributed by atoms with Gasteiger partial charge < -0.3 is 14.8 Å². The Morgan fingerprint density at radius 1 is 1.29 bits per heavy atom. The van der Waals surface area contributed by atoms with E-state index in [0.29, 0.717) is 0 Å². The van der Waals surface area contributed by atoms with Gasteiger partial charge in [-0.3, -0.25) is 4.90 Å². The second-order valence-electron chi connectivity index (χ2n) is 5.22. The molecule has 98 valence electrons. The summed E-state index contributed by atoms with van der Waals surface area (Å²) in [5, 5.41) is 3.41. The lowest BCUT2D eigenvalue weighted by molar-refractivity contribution is -0.0239. The smallest absolute Gasteiger partial charge is 0.111 e. The standard InChI is InChI=1S/C13H24N2O2/c1-13(2,15-6-9-16-10-7-15)12(14-3)11-5-4-8-17-11/h5,12,14H,4,6-10H2,1-3H3. The molecule has 0 bridgehead atoms. The van der Waals surface area contributed by atoms with Crippen molar-refractivity contribution < 1.29 is 9.47 Å². The first-order chi connectivity index (χ1) is 8.16. The first kappa shape index (κ1) is 12.9. The molecule has 1 fully saturated rings. The minimum Gasteiger partial charge on any atom is -0.496 e. The molecule has 2 aliphatic heterocycles. The molecule has 4 nitrogen and oxygen atoms in total. The molecule has 0 aliphatic carbocycles. The Labute approximate surface area is 104 Å². The van der Waals surface area contributed by atoms with Crippen LogP contribution in [0.4, 0.5) is 0 Å². The van der Waals surface area contributed by atoms with Gasteiger partial charge in [-0.25, -0.2) is 0 Å². The van der Waals surface area contributed by atoms with Crippen molar-refractivity contribution in [1.82, 2.24) is 10.2 Å². The normalized spacial score (nSPS) is 24.3. The second-order valence-corrected chi connectivity index (χ2v) is 5.22. The largest absolute Gasteiger partial charge is 0.496 e. The maximum absolute atomic E-state index is 5.72. The zero-order valence-electron chi connectivity index (χ0n) is 11.2. The molecule has 1 unspecified atom stereocenters. The van der Waals surface area contributed by atoms with Crippen molar-refractivity contribution in [2.45, 2.75) is 31.8 Å². The van der Waals surface area contributed by atoms with Crippen molar-refractivity contribution >= 4 is 0 Å². The highest BCUT2D eigenvalue weighted by atomic mass is 16.5. The van der Waals surface area contributed by atoms with Gasteiger partial charge in [0.05, 0.1) is 25.9 Å². The topological polar surface area (TPSA) is 33.7 Å². The van der Waals surface area contributed by atoms with Crippen LogP contribution in [0, 0.1) is 0 Å². The quantitative estimate of drug-likeness (QED) is 0.794. The van der Waals surface area contributed by atoms with E-state index >= 15 is 0 Å². The predicted molar refractivity (Wildman–Crippen MR) is 68.0 cm³/mol. The number of ether oxygens (including phenoxy) is 2. The Kier molecular flexibility index (Phi) is 4.07. The van der Waals surface area contributed by atoms with Crippen LogP contribution in [0.5, 0.6) is 0 Å². The Balaban J connectivity index is 2.09. The molecule has 4 heteroatoms. The van der Waals surface area contributed by atoms with E-state index in [1.165, 1.54) is 0 Å². The summed E-state index contributed by atoms with van der Waals surface area (Å²) in [4.78, 5) is 2.49. The number of nitrogens with one attached hydrogen (secondary N) is 1. The first-order valence-electron chi connectivity index (χ1n) is 6.49. The van der Waals surface area contributed by atoms with Gasteiger partial charge in [0, 0.05) is 25.0 Å². The third kappa shape index (κ3) is 2.64. The van der Waals surface area contributed by atoms with Crippen molar-refractivity contribution in [3.05, 3.63) is 11.8 Å². The number of rotatable bonds is 4. The molecular formula is C13H24N2O2.